The lowest BCUT2D eigenvalue weighted by molar-refractivity contribution is -0.215. The summed E-state index contributed by atoms with van der Waals surface area (Å²) in [5.74, 6) is 1.41. The van der Waals surface area contributed by atoms with Gasteiger partial charge in [0.2, 0.25) is 5.79 Å². The maximum absolute atomic E-state index is 13.7. The summed E-state index contributed by atoms with van der Waals surface area (Å²) in [5, 5.41) is 0. The van der Waals surface area contributed by atoms with E-state index in [4.69, 9.17) is 18.9 Å². The van der Waals surface area contributed by atoms with E-state index < -0.39 is 17.5 Å². The summed E-state index contributed by atoms with van der Waals surface area (Å²) >= 11 is 0. The molecule has 194 valence electrons. The van der Waals surface area contributed by atoms with Gasteiger partial charge in [0.1, 0.15) is 11.4 Å². The Morgan fingerprint density at radius 3 is 2.24 bits per heavy atom. The summed E-state index contributed by atoms with van der Waals surface area (Å²) in [5.41, 5.74) is 2.72. The minimum atomic E-state index is -1.32. The van der Waals surface area contributed by atoms with Gasteiger partial charge in [0.05, 0.1) is 19.3 Å². The van der Waals surface area contributed by atoms with Crippen LogP contribution in [0.2, 0.25) is 0 Å². The summed E-state index contributed by atoms with van der Waals surface area (Å²) in [4.78, 5) is 13.7. The van der Waals surface area contributed by atoms with Crippen LogP contribution in [0.25, 0.3) is 12.2 Å². The molecule has 1 saturated heterocycles. The van der Waals surface area contributed by atoms with Crippen molar-refractivity contribution in [3.8, 4) is 5.75 Å². The molecule has 2 unspecified atom stereocenters. The van der Waals surface area contributed by atoms with Crippen LogP contribution in [0.1, 0.15) is 61.3 Å². The fourth-order valence-electron chi connectivity index (χ4n) is 7.73. The minimum absolute atomic E-state index is 0.0974. The van der Waals surface area contributed by atoms with Crippen molar-refractivity contribution in [2.24, 2.45) is 23.7 Å². The van der Waals surface area contributed by atoms with E-state index in [1.54, 1.807) is 19.3 Å². The Hall–Kier alpha value is -2.89. The zero-order valence-corrected chi connectivity index (χ0v) is 21.8. The van der Waals surface area contributed by atoms with E-state index in [-0.39, 0.29) is 12.6 Å². The number of ether oxygens (including phenoxy) is 4. The van der Waals surface area contributed by atoms with Gasteiger partial charge in [-0.15, -0.1) is 0 Å². The third kappa shape index (κ3) is 3.78. The predicted molar refractivity (Wildman–Crippen MR) is 143 cm³/mol. The number of methoxy groups -OCH3 is 1. The molecule has 0 aromatic heterocycles. The van der Waals surface area contributed by atoms with Crippen LogP contribution in [-0.2, 0) is 24.8 Å². The van der Waals surface area contributed by atoms with Gasteiger partial charge < -0.3 is 18.9 Å². The quantitative estimate of drug-likeness (QED) is 0.414. The van der Waals surface area contributed by atoms with Gasteiger partial charge in [0.25, 0.3) is 0 Å². The summed E-state index contributed by atoms with van der Waals surface area (Å²) in [7, 11) is 1.62. The Labute approximate surface area is 219 Å². The summed E-state index contributed by atoms with van der Waals surface area (Å²) in [6.07, 6.45) is 8.70. The monoisotopic (exact) mass is 500 g/mol. The van der Waals surface area contributed by atoms with E-state index in [1.807, 2.05) is 42.5 Å². The molecular weight excluding hydrogens is 464 g/mol. The number of carbonyl (C=O) groups is 1. The van der Waals surface area contributed by atoms with Crippen molar-refractivity contribution in [1.29, 1.82) is 0 Å². The van der Waals surface area contributed by atoms with Crippen molar-refractivity contribution >= 4 is 18.1 Å². The molecule has 0 amide bonds. The second-order valence-corrected chi connectivity index (χ2v) is 11.4. The maximum atomic E-state index is 13.7. The molecule has 0 N–H and O–H groups in total. The largest absolute Gasteiger partial charge is 0.496 e. The molecule has 5 heteroatoms. The number of hydrogen-bond donors (Lipinski definition) is 0. The van der Waals surface area contributed by atoms with Crippen molar-refractivity contribution in [2.45, 2.75) is 56.5 Å². The van der Waals surface area contributed by atoms with Crippen molar-refractivity contribution in [1.82, 2.24) is 0 Å². The van der Waals surface area contributed by atoms with Crippen LogP contribution in [0.3, 0.4) is 0 Å². The van der Waals surface area contributed by atoms with Gasteiger partial charge in [-0.25, -0.2) is 4.79 Å². The highest BCUT2D eigenvalue weighted by Crippen LogP contribution is 2.59. The molecule has 2 atom stereocenters. The van der Waals surface area contributed by atoms with Gasteiger partial charge >= 0.3 is 5.97 Å². The second kappa shape index (κ2) is 9.14. The van der Waals surface area contributed by atoms with Crippen LogP contribution in [0.5, 0.6) is 5.75 Å². The predicted octanol–water partition coefficient (Wildman–Crippen LogP) is 6.36. The molecular formula is C32H36O5. The van der Waals surface area contributed by atoms with Crippen LogP contribution in [0.15, 0.2) is 55.6 Å². The third-order valence-corrected chi connectivity index (χ3v) is 9.46. The summed E-state index contributed by atoms with van der Waals surface area (Å²) < 4.78 is 25.3. The topological polar surface area (TPSA) is 54.0 Å². The van der Waals surface area contributed by atoms with Crippen LogP contribution in [0.4, 0.5) is 0 Å². The normalized spacial score (nSPS) is 35.8. The van der Waals surface area contributed by atoms with Crippen molar-refractivity contribution in [3.63, 3.8) is 0 Å². The van der Waals surface area contributed by atoms with Crippen molar-refractivity contribution in [3.05, 3.63) is 77.9 Å². The number of rotatable bonds is 7. The third-order valence-electron chi connectivity index (χ3n) is 9.46. The molecule has 0 radical (unpaired) electrons. The molecule has 1 aliphatic heterocycles. The number of carbonyl (C=O) groups excluding carboxylic acids is 1. The average Bonchev–Trinajstić information content (AvgIpc) is 3.38. The minimum Gasteiger partial charge on any atom is -0.496 e. The van der Waals surface area contributed by atoms with E-state index in [0.717, 1.165) is 28.5 Å². The fourth-order valence-corrected chi connectivity index (χ4v) is 7.73. The van der Waals surface area contributed by atoms with Gasteiger partial charge in [-0.1, -0.05) is 61.7 Å². The lowest BCUT2D eigenvalue weighted by atomic mass is 9.50. The van der Waals surface area contributed by atoms with Crippen LogP contribution < -0.4 is 4.74 Å². The Kier molecular flexibility index (Phi) is 6.04. The summed E-state index contributed by atoms with van der Waals surface area (Å²) in [6.45, 7) is 10.2. The Bertz CT molecular complexity index is 1190. The van der Waals surface area contributed by atoms with E-state index >= 15 is 0 Å². The molecule has 5 nitrogen and oxygen atoms in total. The van der Waals surface area contributed by atoms with Gasteiger partial charge in [0.15, 0.2) is 6.10 Å². The van der Waals surface area contributed by atoms with Crippen LogP contribution in [-0.4, -0.2) is 31.4 Å². The highest BCUT2D eigenvalue weighted by atomic mass is 16.8. The molecule has 37 heavy (non-hydrogen) atoms. The van der Waals surface area contributed by atoms with Crippen molar-refractivity contribution in [2.75, 3.05) is 13.7 Å². The lowest BCUT2D eigenvalue weighted by Crippen LogP contribution is -2.58. The highest BCUT2D eigenvalue weighted by molar-refractivity contribution is 5.76. The smallest absolute Gasteiger partial charge is 0.338 e. The zero-order valence-electron chi connectivity index (χ0n) is 21.8. The fraction of sp³-hybridized carbons (Fsp3) is 0.469. The van der Waals surface area contributed by atoms with E-state index in [0.29, 0.717) is 23.1 Å². The molecule has 4 aliphatic carbocycles. The van der Waals surface area contributed by atoms with Crippen LogP contribution in [0, 0.1) is 23.7 Å². The molecule has 4 saturated carbocycles. The molecule has 4 bridgehead atoms. The van der Waals surface area contributed by atoms with Gasteiger partial charge in [-0.2, -0.15) is 0 Å². The first-order valence-electron chi connectivity index (χ1n) is 13.5. The number of hydrogen-bond acceptors (Lipinski definition) is 5. The van der Waals surface area contributed by atoms with E-state index in [9.17, 15) is 4.79 Å². The standard InChI is InChI=1S/C32H36O5/c1-5-22-12-13-27(29(34-4)26(22)6-2)32(23-10-8-7-9-11-23)35-19-28(36-32)30(33)37-31(3)24-15-20-14-21(17-24)18-25(31)16-20/h5-13,20-21,24-25,28H,1-2,14-19H2,3-4H3. The zero-order chi connectivity index (χ0) is 25.8. The first kappa shape index (κ1) is 24.4. The molecule has 7 rings (SSSR count). The molecule has 5 aliphatic rings. The summed E-state index contributed by atoms with van der Waals surface area (Å²) in [6, 6.07) is 13.6. The number of esters is 1. The van der Waals surface area contributed by atoms with Crippen molar-refractivity contribution < 1.29 is 23.7 Å². The van der Waals surface area contributed by atoms with E-state index in [2.05, 4.69) is 20.1 Å². The average molecular weight is 501 g/mol. The lowest BCUT2D eigenvalue weighted by Gasteiger charge is -2.59. The first-order valence-corrected chi connectivity index (χ1v) is 13.5. The van der Waals surface area contributed by atoms with Gasteiger partial charge in [-0.05, 0) is 74.3 Å². The SMILES string of the molecule is C=Cc1ccc(C2(c3ccccc3)OCC(C(=O)OC3(C)C4CC5CC(C4)CC3C5)O2)c(OC)c1C=C. The highest BCUT2D eigenvalue weighted by Gasteiger charge is 2.58. The Morgan fingerprint density at radius 1 is 0.973 bits per heavy atom. The van der Waals surface area contributed by atoms with Gasteiger partial charge in [-0.3, -0.25) is 0 Å². The Balaban J connectivity index is 1.34. The molecule has 2 aromatic carbocycles. The molecule has 5 fully saturated rings. The van der Waals surface area contributed by atoms with Gasteiger partial charge in [0, 0.05) is 11.1 Å². The molecule has 2 aromatic rings. The maximum Gasteiger partial charge on any atom is 0.338 e. The molecule has 1 heterocycles. The first-order chi connectivity index (χ1) is 17.9. The molecule has 0 spiro atoms. The number of benzene rings is 2. The Morgan fingerprint density at radius 2 is 1.65 bits per heavy atom. The van der Waals surface area contributed by atoms with Crippen LogP contribution >= 0.6 is 0 Å². The van der Waals surface area contributed by atoms with E-state index in [1.165, 1.54) is 32.1 Å². The second-order valence-electron chi connectivity index (χ2n) is 11.4.